The maximum atomic E-state index is 11.2. The van der Waals surface area contributed by atoms with Gasteiger partial charge in [-0.15, -0.1) is 0 Å². The van der Waals surface area contributed by atoms with Gasteiger partial charge in [0.05, 0.1) is 0 Å². The van der Waals surface area contributed by atoms with Crippen LogP contribution in [-0.4, -0.2) is 23.5 Å². The first kappa shape index (κ1) is 8.42. The van der Waals surface area contributed by atoms with Crippen LogP contribution in [0.2, 0.25) is 0 Å². The molecule has 0 aromatic heterocycles. The average Bonchev–Trinajstić information content (AvgIpc) is 2.44. The second-order valence-electron chi connectivity index (χ2n) is 4.12. The lowest BCUT2D eigenvalue weighted by atomic mass is 9.74. The predicted octanol–water partition coefficient (Wildman–Crippen LogP) is 1.26. The van der Waals surface area contributed by atoms with Gasteiger partial charge in [0.2, 0.25) is 5.91 Å². The number of thioether (sulfide) groups is 1. The lowest BCUT2D eigenvalue weighted by Gasteiger charge is -2.30. The molecule has 0 bridgehead atoms. The molecule has 2 rings (SSSR count). The number of carbonyl (C=O) groups excluding carboxylic acids is 1. The van der Waals surface area contributed by atoms with Crippen molar-refractivity contribution >= 4 is 17.7 Å². The lowest BCUT2D eigenvalue weighted by molar-refractivity contribution is -0.119. The third-order valence-corrected chi connectivity index (χ3v) is 4.93. The van der Waals surface area contributed by atoms with Crippen LogP contribution in [0.15, 0.2) is 0 Å². The van der Waals surface area contributed by atoms with Gasteiger partial charge in [0.15, 0.2) is 0 Å². The molecule has 3 heteroatoms. The largest absolute Gasteiger partial charge is 0.353 e. The van der Waals surface area contributed by atoms with Gasteiger partial charge in [-0.05, 0) is 18.6 Å². The summed E-state index contributed by atoms with van der Waals surface area (Å²) in [7, 11) is 0. The van der Waals surface area contributed by atoms with Crippen molar-refractivity contribution in [2.45, 2.75) is 26.3 Å². The summed E-state index contributed by atoms with van der Waals surface area (Å²) in [5.41, 5.74) is 0.280. The average molecular weight is 185 g/mol. The molecule has 1 N–H and O–H groups in total. The molecule has 0 radical (unpaired) electrons. The number of rotatable bonds is 0. The van der Waals surface area contributed by atoms with Crippen LogP contribution in [-0.2, 0) is 4.79 Å². The molecule has 68 valence electrons. The minimum absolute atomic E-state index is 0.247. The van der Waals surface area contributed by atoms with Crippen LogP contribution in [0.25, 0.3) is 0 Å². The molecule has 2 aliphatic heterocycles. The quantitative estimate of drug-likeness (QED) is 0.615. The van der Waals surface area contributed by atoms with Gasteiger partial charge in [-0.3, -0.25) is 4.79 Å². The van der Waals surface area contributed by atoms with Crippen molar-refractivity contribution in [1.29, 1.82) is 0 Å². The minimum Gasteiger partial charge on any atom is -0.353 e. The number of hydrogen-bond donors (Lipinski definition) is 1. The van der Waals surface area contributed by atoms with Gasteiger partial charge in [0.1, 0.15) is 0 Å². The SMILES string of the molecule is CC1CSCC12CC(=O)NC2C. The van der Waals surface area contributed by atoms with Gasteiger partial charge in [-0.25, -0.2) is 0 Å². The van der Waals surface area contributed by atoms with Crippen LogP contribution in [0.5, 0.6) is 0 Å². The number of hydrogen-bond acceptors (Lipinski definition) is 2. The molecule has 2 fully saturated rings. The molecule has 2 aliphatic rings. The standard InChI is InChI=1S/C9H15NOS/c1-6-4-12-5-9(6)3-8(11)10-7(9)2/h6-7H,3-5H2,1-2H3,(H,10,11). The zero-order chi connectivity index (χ0) is 8.77. The smallest absolute Gasteiger partial charge is 0.220 e. The third-order valence-electron chi connectivity index (χ3n) is 3.45. The van der Waals surface area contributed by atoms with E-state index in [-0.39, 0.29) is 11.3 Å². The Morgan fingerprint density at radius 3 is 2.75 bits per heavy atom. The Kier molecular flexibility index (Phi) is 1.86. The highest BCUT2D eigenvalue weighted by molar-refractivity contribution is 7.99. The summed E-state index contributed by atoms with van der Waals surface area (Å²) in [5, 5.41) is 3.03. The second kappa shape index (κ2) is 2.66. The predicted molar refractivity (Wildman–Crippen MR) is 51.1 cm³/mol. The molecule has 1 amide bonds. The molecule has 0 aromatic carbocycles. The maximum absolute atomic E-state index is 11.2. The van der Waals surface area contributed by atoms with E-state index in [1.807, 2.05) is 11.8 Å². The highest BCUT2D eigenvalue weighted by Crippen LogP contribution is 2.48. The maximum Gasteiger partial charge on any atom is 0.220 e. The minimum atomic E-state index is 0.247. The Morgan fingerprint density at radius 1 is 1.58 bits per heavy atom. The van der Waals surface area contributed by atoms with E-state index in [1.54, 1.807) is 0 Å². The first-order chi connectivity index (χ1) is 5.65. The molecule has 2 nitrogen and oxygen atoms in total. The molecular weight excluding hydrogens is 170 g/mol. The van der Waals surface area contributed by atoms with Crippen LogP contribution in [0.4, 0.5) is 0 Å². The molecule has 3 atom stereocenters. The fraction of sp³-hybridized carbons (Fsp3) is 0.889. The van der Waals surface area contributed by atoms with E-state index < -0.39 is 0 Å². The van der Waals surface area contributed by atoms with Crippen molar-refractivity contribution in [2.24, 2.45) is 11.3 Å². The summed E-state index contributed by atoms with van der Waals surface area (Å²) in [5.74, 6) is 3.32. The second-order valence-corrected chi connectivity index (χ2v) is 5.15. The van der Waals surface area contributed by atoms with E-state index in [9.17, 15) is 4.79 Å². The van der Waals surface area contributed by atoms with Crippen LogP contribution < -0.4 is 5.32 Å². The topological polar surface area (TPSA) is 29.1 Å². The first-order valence-electron chi connectivity index (χ1n) is 4.52. The number of carbonyl (C=O) groups is 1. The fourth-order valence-corrected chi connectivity index (χ4v) is 4.22. The van der Waals surface area contributed by atoms with Crippen LogP contribution >= 0.6 is 11.8 Å². The van der Waals surface area contributed by atoms with Gasteiger partial charge in [0, 0.05) is 23.6 Å². The van der Waals surface area contributed by atoms with Crippen LogP contribution in [0.3, 0.4) is 0 Å². The van der Waals surface area contributed by atoms with Crippen molar-refractivity contribution in [3.8, 4) is 0 Å². The summed E-state index contributed by atoms with van der Waals surface area (Å²) in [6.45, 7) is 4.42. The number of nitrogens with one attached hydrogen (secondary N) is 1. The summed E-state index contributed by atoms with van der Waals surface area (Å²) in [6, 6.07) is 0.384. The Balaban J connectivity index is 2.24. The van der Waals surface area contributed by atoms with Gasteiger partial charge in [-0.2, -0.15) is 11.8 Å². The van der Waals surface area contributed by atoms with E-state index >= 15 is 0 Å². The highest BCUT2D eigenvalue weighted by Gasteiger charge is 2.50. The monoisotopic (exact) mass is 185 g/mol. The molecule has 0 aromatic rings. The van der Waals surface area contributed by atoms with Gasteiger partial charge in [-0.1, -0.05) is 6.92 Å². The summed E-state index contributed by atoms with van der Waals surface area (Å²) in [4.78, 5) is 11.2. The van der Waals surface area contributed by atoms with Crippen LogP contribution in [0, 0.1) is 11.3 Å². The molecule has 2 saturated heterocycles. The van der Waals surface area contributed by atoms with E-state index in [0.717, 1.165) is 12.2 Å². The lowest BCUT2D eigenvalue weighted by Crippen LogP contribution is -2.38. The molecule has 0 aliphatic carbocycles. The fourth-order valence-electron chi connectivity index (χ4n) is 2.40. The third kappa shape index (κ3) is 0.987. The van der Waals surface area contributed by atoms with Crippen molar-refractivity contribution in [1.82, 2.24) is 5.32 Å². The van der Waals surface area contributed by atoms with Crippen molar-refractivity contribution in [2.75, 3.05) is 11.5 Å². The zero-order valence-electron chi connectivity index (χ0n) is 7.59. The van der Waals surface area contributed by atoms with Gasteiger partial charge < -0.3 is 5.32 Å². The zero-order valence-corrected chi connectivity index (χ0v) is 8.41. The molecule has 2 heterocycles. The summed E-state index contributed by atoms with van der Waals surface area (Å²) in [6.07, 6.45) is 0.752. The Morgan fingerprint density at radius 2 is 2.33 bits per heavy atom. The first-order valence-corrected chi connectivity index (χ1v) is 5.68. The van der Waals surface area contributed by atoms with Gasteiger partial charge in [0.25, 0.3) is 0 Å². The molecule has 1 spiro atoms. The summed E-state index contributed by atoms with van der Waals surface area (Å²) < 4.78 is 0. The van der Waals surface area contributed by atoms with E-state index in [0.29, 0.717) is 12.0 Å². The van der Waals surface area contributed by atoms with Crippen LogP contribution in [0.1, 0.15) is 20.3 Å². The van der Waals surface area contributed by atoms with Crippen molar-refractivity contribution in [3.63, 3.8) is 0 Å². The van der Waals surface area contributed by atoms with Gasteiger partial charge >= 0.3 is 0 Å². The Labute approximate surface area is 77.5 Å². The van der Waals surface area contributed by atoms with Crippen molar-refractivity contribution in [3.05, 3.63) is 0 Å². The summed E-state index contributed by atoms with van der Waals surface area (Å²) >= 11 is 1.99. The number of amides is 1. The molecule has 0 saturated carbocycles. The Hall–Kier alpha value is -0.180. The molecule has 3 unspecified atom stereocenters. The Bertz CT molecular complexity index is 219. The van der Waals surface area contributed by atoms with E-state index in [4.69, 9.17) is 0 Å². The van der Waals surface area contributed by atoms with E-state index in [2.05, 4.69) is 19.2 Å². The van der Waals surface area contributed by atoms with Crippen molar-refractivity contribution < 1.29 is 4.79 Å². The molecule has 12 heavy (non-hydrogen) atoms. The highest BCUT2D eigenvalue weighted by atomic mass is 32.2. The normalized spacial score (nSPS) is 47.0. The molecular formula is C9H15NOS. The van der Waals surface area contributed by atoms with E-state index in [1.165, 1.54) is 5.75 Å².